The smallest absolute Gasteiger partial charge is 0.264 e. The molecule has 5 nitrogen and oxygen atoms in total. The molecule has 0 aliphatic heterocycles. The molecular formula is C28H26N2O3S. The highest BCUT2D eigenvalue weighted by Gasteiger charge is 2.27. The van der Waals surface area contributed by atoms with Gasteiger partial charge in [0.05, 0.1) is 10.6 Å². The molecule has 0 spiro atoms. The second-order valence-electron chi connectivity index (χ2n) is 8.16. The summed E-state index contributed by atoms with van der Waals surface area (Å²) in [4.78, 5) is 13.1. The first-order valence-corrected chi connectivity index (χ1v) is 12.4. The van der Waals surface area contributed by atoms with Gasteiger partial charge in [0, 0.05) is 5.69 Å². The quantitative estimate of drug-likeness (QED) is 0.371. The van der Waals surface area contributed by atoms with E-state index in [4.69, 9.17) is 0 Å². The molecule has 4 aromatic carbocycles. The van der Waals surface area contributed by atoms with Gasteiger partial charge >= 0.3 is 0 Å². The molecule has 0 aliphatic rings. The maximum absolute atomic E-state index is 13.5. The third-order valence-electron chi connectivity index (χ3n) is 5.39. The van der Waals surface area contributed by atoms with Crippen LogP contribution < -0.4 is 9.62 Å². The van der Waals surface area contributed by atoms with E-state index < -0.39 is 15.9 Å². The Bertz CT molecular complexity index is 1360. The van der Waals surface area contributed by atoms with Crippen molar-refractivity contribution >= 4 is 27.3 Å². The molecular weight excluding hydrogens is 444 g/mol. The van der Waals surface area contributed by atoms with E-state index in [-0.39, 0.29) is 11.4 Å². The van der Waals surface area contributed by atoms with Crippen LogP contribution in [0.3, 0.4) is 0 Å². The zero-order chi connectivity index (χ0) is 24.1. The molecule has 0 aromatic heterocycles. The van der Waals surface area contributed by atoms with Crippen molar-refractivity contribution in [2.24, 2.45) is 0 Å². The third-order valence-corrected chi connectivity index (χ3v) is 7.18. The average Bonchev–Trinajstić information content (AvgIpc) is 2.83. The second kappa shape index (κ2) is 9.93. The van der Waals surface area contributed by atoms with Crippen LogP contribution in [0.5, 0.6) is 0 Å². The highest BCUT2D eigenvalue weighted by molar-refractivity contribution is 7.92. The van der Waals surface area contributed by atoms with Crippen molar-refractivity contribution in [1.82, 2.24) is 0 Å². The molecule has 172 valence electrons. The van der Waals surface area contributed by atoms with Gasteiger partial charge in [0.2, 0.25) is 5.91 Å². The molecule has 4 aromatic rings. The number of rotatable bonds is 7. The fraction of sp³-hybridized carbons (Fsp3) is 0.107. The molecule has 1 amide bonds. The molecule has 0 atom stereocenters. The Balaban J connectivity index is 1.59. The number of anilines is 2. The topological polar surface area (TPSA) is 66.5 Å². The van der Waals surface area contributed by atoms with Crippen molar-refractivity contribution in [1.29, 1.82) is 0 Å². The monoisotopic (exact) mass is 470 g/mol. The van der Waals surface area contributed by atoms with Gasteiger partial charge < -0.3 is 5.32 Å². The number of carbonyl (C=O) groups excluding carboxylic acids is 1. The Labute approximate surface area is 200 Å². The molecule has 0 unspecified atom stereocenters. The fourth-order valence-electron chi connectivity index (χ4n) is 3.84. The number of benzene rings is 4. The Morgan fingerprint density at radius 2 is 1.26 bits per heavy atom. The van der Waals surface area contributed by atoms with Gasteiger partial charge in [0.1, 0.15) is 6.54 Å². The Morgan fingerprint density at radius 3 is 1.85 bits per heavy atom. The Morgan fingerprint density at radius 1 is 0.735 bits per heavy atom. The second-order valence-corrected chi connectivity index (χ2v) is 10.0. The van der Waals surface area contributed by atoms with E-state index in [9.17, 15) is 13.2 Å². The lowest BCUT2D eigenvalue weighted by Crippen LogP contribution is -2.38. The summed E-state index contributed by atoms with van der Waals surface area (Å²) >= 11 is 0. The van der Waals surface area contributed by atoms with Crippen LogP contribution in [0.15, 0.2) is 108 Å². The maximum Gasteiger partial charge on any atom is 0.264 e. The minimum Gasteiger partial charge on any atom is -0.325 e. The molecule has 0 heterocycles. The van der Waals surface area contributed by atoms with E-state index in [1.807, 2.05) is 74.5 Å². The lowest BCUT2D eigenvalue weighted by atomic mass is 10.1. The first-order valence-electron chi connectivity index (χ1n) is 10.9. The van der Waals surface area contributed by atoms with Crippen LogP contribution in [0.2, 0.25) is 0 Å². The molecule has 0 fully saturated rings. The van der Waals surface area contributed by atoms with Crippen molar-refractivity contribution in [2.75, 3.05) is 16.2 Å². The summed E-state index contributed by atoms with van der Waals surface area (Å²) in [5.41, 5.74) is 5.00. The third kappa shape index (κ3) is 5.35. The molecule has 0 saturated heterocycles. The molecule has 0 aliphatic carbocycles. The van der Waals surface area contributed by atoms with Crippen molar-refractivity contribution < 1.29 is 13.2 Å². The minimum atomic E-state index is -3.95. The summed E-state index contributed by atoms with van der Waals surface area (Å²) in [6.45, 7) is 3.46. The van der Waals surface area contributed by atoms with Gasteiger partial charge in [-0.15, -0.1) is 0 Å². The summed E-state index contributed by atoms with van der Waals surface area (Å²) in [7, 11) is -3.95. The summed E-state index contributed by atoms with van der Waals surface area (Å²) in [6.07, 6.45) is 0. The van der Waals surface area contributed by atoms with Crippen LogP contribution >= 0.6 is 0 Å². The Kier molecular flexibility index (Phi) is 6.80. The average molecular weight is 471 g/mol. The summed E-state index contributed by atoms with van der Waals surface area (Å²) in [5, 5.41) is 2.83. The maximum atomic E-state index is 13.5. The molecule has 0 radical (unpaired) electrons. The summed E-state index contributed by atoms with van der Waals surface area (Å²) in [5.74, 6) is -0.425. The Hall–Kier alpha value is -3.90. The fourth-order valence-corrected chi connectivity index (χ4v) is 5.26. The van der Waals surface area contributed by atoms with E-state index in [1.165, 1.54) is 12.1 Å². The van der Waals surface area contributed by atoms with Crippen LogP contribution in [0.25, 0.3) is 11.1 Å². The van der Waals surface area contributed by atoms with Crippen LogP contribution in [0, 0.1) is 13.8 Å². The van der Waals surface area contributed by atoms with Gasteiger partial charge in [-0.3, -0.25) is 9.10 Å². The number of amides is 1. The minimum absolute atomic E-state index is 0.133. The van der Waals surface area contributed by atoms with Crippen LogP contribution in [-0.2, 0) is 14.8 Å². The van der Waals surface area contributed by atoms with Gasteiger partial charge in [0.25, 0.3) is 10.0 Å². The normalized spacial score (nSPS) is 11.1. The van der Waals surface area contributed by atoms with Crippen LogP contribution in [-0.4, -0.2) is 20.9 Å². The predicted octanol–water partition coefficient (Wildman–Crippen LogP) is 5.80. The molecule has 0 bridgehead atoms. The standard InChI is InChI=1S/C28H26N2O3S/c1-21-17-22(2)19-26(18-21)30(34(32,33)27-11-7-4-8-12-27)20-28(31)29-25-15-13-24(14-16-25)23-9-5-3-6-10-23/h3-19H,20H2,1-2H3,(H,29,31). The van der Waals surface area contributed by atoms with Crippen molar-refractivity contribution in [2.45, 2.75) is 18.7 Å². The molecule has 34 heavy (non-hydrogen) atoms. The van der Waals surface area contributed by atoms with E-state index in [0.29, 0.717) is 11.4 Å². The first-order chi connectivity index (χ1) is 16.3. The number of aryl methyl sites for hydroxylation is 2. The lowest BCUT2D eigenvalue weighted by molar-refractivity contribution is -0.114. The van der Waals surface area contributed by atoms with E-state index in [0.717, 1.165) is 26.6 Å². The number of hydrogen-bond donors (Lipinski definition) is 1. The zero-order valence-electron chi connectivity index (χ0n) is 19.1. The number of hydrogen-bond acceptors (Lipinski definition) is 3. The van der Waals surface area contributed by atoms with Crippen LogP contribution in [0.4, 0.5) is 11.4 Å². The molecule has 0 saturated carbocycles. The van der Waals surface area contributed by atoms with Gasteiger partial charge in [-0.1, -0.05) is 66.7 Å². The molecule has 1 N–H and O–H groups in total. The van der Waals surface area contributed by atoms with E-state index in [2.05, 4.69) is 5.32 Å². The number of nitrogens with one attached hydrogen (secondary N) is 1. The first kappa shape index (κ1) is 23.3. The van der Waals surface area contributed by atoms with Crippen molar-refractivity contribution in [3.63, 3.8) is 0 Å². The van der Waals surface area contributed by atoms with E-state index >= 15 is 0 Å². The van der Waals surface area contributed by atoms with Crippen LogP contribution in [0.1, 0.15) is 11.1 Å². The largest absolute Gasteiger partial charge is 0.325 e. The van der Waals surface area contributed by atoms with Crippen molar-refractivity contribution in [3.05, 3.63) is 114 Å². The van der Waals surface area contributed by atoms with E-state index in [1.54, 1.807) is 30.3 Å². The predicted molar refractivity (Wildman–Crippen MR) is 137 cm³/mol. The number of carbonyl (C=O) groups is 1. The lowest BCUT2D eigenvalue weighted by Gasteiger charge is -2.25. The number of sulfonamides is 1. The highest BCUT2D eigenvalue weighted by Crippen LogP contribution is 2.26. The van der Waals surface area contributed by atoms with Gasteiger partial charge in [-0.2, -0.15) is 0 Å². The molecule has 4 rings (SSSR count). The van der Waals surface area contributed by atoms with Crippen molar-refractivity contribution in [3.8, 4) is 11.1 Å². The van der Waals surface area contributed by atoms with Gasteiger partial charge in [0.15, 0.2) is 0 Å². The summed E-state index contributed by atoms with van der Waals surface area (Å²) in [6, 6.07) is 31.1. The number of nitrogens with zero attached hydrogens (tertiary/aromatic N) is 1. The molecule has 6 heteroatoms. The zero-order valence-corrected chi connectivity index (χ0v) is 19.9. The SMILES string of the molecule is Cc1cc(C)cc(N(CC(=O)Nc2ccc(-c3ccccc3)cc2)S(=O)(=O)c2ccccc2)c1. The van der Waals surface area contributed by atoms with Gasteiger partial charge in [-0.25, -0.2) is 8.42 Å². The highest BCUT2D eigenvalue weighted by atomic mass is 32.2. The van der Waals surface area contributed by atoms with Gasteiger partial charge in [-0.05, 0) is 72.5 Å². The summed E-state index contributed by atoms with van der Waals surface area (Å²) < 4.78 is 28.1.